The molecule has 96 heavy (non-hydrogen) atoms. The van der Waals surface area contributed by atoms with Crippen LogP contribution < -0.4 is 5.11 Å². The monoisotopic (exact) mass is 1360 g/mol. The van der Waals surface area contributed by atoms with Gasteiger partial charge >= 0.3 is 11.9 Å². The maximum absolute atomic E-state index is 13.0. The zero-order valence-electron chi connectivity index (χ0n) is 65.6. The average molecular weight is 1360 g/mol. The topological polar surface area (TPSA) is 111 Å². The van der Waals surface area contributed by atoms with Crippen molar-refractivity contribution in [2.75, 3.05) is 47.5 Å². The summed E-state index contributed by atoms with van der Waals surface area (Å²) in [6.07, 6.45) is 96.7. The number of hydrogen-bond acceptors (Lipinski definition) is 8. The molecule has 0 aliphatic heterocycles. The van der Waals surface area contributed by atoms with Gasteiger partial charge in [-0.15, -0.1) is 0 Å². The first kappa shape index (κ1) is 94.0. The summed E-state index contributed by atoms with van der Waals surface area (Å²) in [6.45, 7) is 4.85. The van der Waals surface area contributed by atoms with Crippen LogP contribution in [0.1, 0.15) is 470 Å². The van der Waals surface area contributed by atoms with Crippen molar-refractivity contribution in [2.24, 2.45) is 0 Å². The van der Waals surface area contributed by atoms with Crippen molar-refractivity contribution in [3.05, 3.63) is 12.2 Å². The van der Waals surface area contributed by atoms with Gasteiger partial charge in [0.1, 0.15) is 13.2 Å². The fourth-order valence-electron chi connectivity index (χ4n) is 13.7. The second-order valence-corrected chi connectivity index (χ2v) is 31.2. The molecule has 2 unspecified atom stereocenters. The molecule has 0 heterocycles. The number of aliphatic carboxylic acids is 1. The lowest BCUT2D eigenvalue weighted by molar-refractivity contribution is -0.870. The molecule has 9 nitrogen and oxygen atoms in total. The van der Waals surface area contributed by atoms with Crippen molar-refractivity contribution in [3.63, 3.8) is 0 Å². The minimum Gasteiger partial charge on any atom is -0.545 e. The van der Waals surface area contributed by atoms with E-state index >= 15 is 0 Å². The standard InChI is InChI=1S/C87H169NO8/c1-6-8-10-12-14-16-18-20-22-24-26-28-30-32-34-36-38-39-40-41-42-43-44-45-46-48-49-51-53-55-57-59-61-63-65-67-69-71-73-75-77-84(89)94-81-83(82-95-87(86(91)92)93-80-79-88(3,4)5)96-85(90)78-76-74-72-70-68-66-64-62-60-58-56-54-52-50-47-37-35-33-31-29-27-25-23-21-19-17-15-13-11-9-7-2/h25,27,83,87H,6-24,26,28-82H2,1-5H3/b27-25-. The Morgan fingerprint density at radius 2 is 0.531 bits per heavy atom. The van der Waals surface area contributed by atoms with Crippen LogP contribution in [0.15, 0.2) is 12.2 Å². The van der Waals surface area contributed by atoms with Gasteiger partial charge in [-0.05, 0) is 38.5 Å². The van der Waals surface area contributed by atoms with E-state index in [0.717, 1.165) is 38.5 Å². The van der Waals surface area contributed by atoms with Crippen LogP contribution in [0.4, 0.5) is 0 Å². The van der Waals surface area contributed by atoms with Gasteiger partial charge in [0.15, 0.2) is 12.4 Å². The van der Waals surface area contributed by atoms with Crippen molar-refractivity contribution in [1.82, 2.24) is 0 Å². The Kier molecular flexibility index (Phi) is 77.1. The molecular formula is C87H169NO8. The van der Waals surface area contributed by atoms with Crippen LogP contribution in [0.25, 0.3) is 0 Å². The number of esters is 2. The lowest BCUT2D eigenvalue weighted by Crippen LogP contribution is -2.44. The van der Waals surface area contributed by atoms with E-state index in [2.05, 4.69) is 26.0 Å². The van der Waals surface area contributed by atoms with Crippen LogP contribution in [0.2, 0.25) is 0 Å². The van der Waals surface area contributed by atoms with Gasteiger partial charge in [-0.1, -0.05) is 431 Å². The third-order valence-corrected chi connectivity index (χ3v) is 20.3. The second kappa shape index (κ2) is 78.7. The number of quaternary nitrogens is 1. The first-order valence-electron chi connectivity index (χ1n) is 43.3. The largest absolute Gasteiger partial charge is 0.545 e. The number of likely N-dealkylation sites (N-methyl/N-ethyl adjacent to an activating group) is 1. The Bertz CT molecular complexity index is 1580. The summed E-state index contributed by atoms with van der Waals surface area (Å²) in [4.78, 5) is 37.6. The number of carboxylic acids is 1. The predicted molar refractivity (Wildman–Crippen MR) is 413 cm³/mol. The van der Waals surface area contributed by atoms with E-state index in [-0.39, 0.29) is 32.2 Å². The van der Waals surface area contributed by atoms with Gasteiger partial charge in [0.05, 0.1) is 40.3 Å². The number of nitrogens with zero attached hydrogens (tertiary/aromatic N) is 1. The second-order valence-electron chi connectivity index (χ2n) is 31.2. The first-order chi connectivity index (χ1) is 47.1. The molecule has 0 aromatic rings. The number of carboxylic acid groups (broad SMARTS) is 1. The summed E-state index contributed by atoms with van der Waals surface area (Å²) in [6, 6.07) is 0. The average Bonchev–Trinajstić information content (AvgIpc) is 2.59. The fourth-order valence-corrected chi connectivity index (χ4v) is 13.7. The van der Waals surface area contributed by atoms with Gasteiger partial charge < -0.3 is 33.3 Å². The van der Waals surface area contributed by atoms with Crippen LogP contribution in [0, 0.1) is 0 Å². The third kappa shape index (κ3) is 79.4. The Morgan fingerprint density at radius 1 is 0.302 bits per heavy atom. The summed E-state index contributed by atoms with van der Waals surface area (Å²) in [7, 11) is 5.96. The van der Waals surface area contributed by atoms with E-state index in [1.54, 1.807) is 0 Å². The maximum atomic E-state index is 13.0. The van der Waals surface area contributed by atoms with E-state index in [1.807, 2.05) is 21.1 Å². The molecular weight excluding hydrogens is 1190 g/mol. The molecule has 0 saturated carbocycles. The summed E-state index contributed by atoms with van der Waals surface area (Å²) >= 11 is 0. The quantitative estimate of drug-likeness (QED) is 0.0195. The van der Waals surface area contributed by atoms with Crippen molar-refractivity contribution in [1.29, 1.82) is 0 Å². The van der Waals surface area contributed by atoms with Gasteiger partial charge in [0.2, 0.25) is 0 Å². The van der Waals surface area contributed by atoms with Gasteiger partial charge in [0.25, 0.3) is 0 Å². The third-order valence-electron chi connectivity index (χ3n) is 20.3. The molecule has 0 bridgehead atoms. The molecule has 0 aromatic heterocycles. The minimum absolute atomic E-state index is 0.153. The zero-order valence-corrected chi connectivity index (χ0v) is 65.6. The Morgan fingerprint density at radius 3 is 0.771 bits per heavy atom. The molecule has 0 aliphatic carbocycles. The van der Waals surface area contributed by atoms with E-state index in [9.17, 15) is 19.5 Å². The predicted octanol–water partition coefficient (Wildman–Crippen LogP) is 26.5. The van der Waals surface area contributed by atoms with Crippen LogP contribution in [0.3, 0.4) is 0 Å². The minimum atomic E-state index is -1.62. The van der Waals surface area contributed by atoms with Gasteiger partial charge in [-0.2, -0.15) is 0 Å². The number of allylic oxidation sites excluding steroid dienone is 2. The number of ether oxygens (including phenoxy) is 4. The van der Waals surface area contributed by atoms with E-state index < -0.39 is 24.3 Å². The van der Waals surface area contributed by atoms with Gasteiger partial charge in [0, 0.05) is 12.8 Å². The Labute approximate surface area is 599 Å². The Balaban J connectivity index is 3.89. The summed E-state index contributed by atoms with van der Waals surface area (Å²) < 4.78 is 22.9. The van der Waals surface area contributed by atoms with Crippen molar-refractivity contribution in [2.45, 2.75) is 482 Å². The van der Waals surface area contributed by atoms with E-state index in [1.165, 1.54) is 405 Å². The highest BCUT2D eigenvalue weighted by Gasteiger charge is 2.22. The molecule has 0 N–H and O–H groups in total. The molecule has 0 spiro atoms. The normalized spacial score (nSPS) is 12.6. The number of rotatable bonds is 83. The lowest BCUT2D eigenvalue weighted by Gasteiger charge is -2.26. The number of carbonyl (C=O) groups is 3. The highest BCUT2D eigenvalue weighted by atomic mass is 16.7. The summed E-state index contributed by atoms with van der Waals surface area (Å²) in [5, 5.41) is 11.9. The SMILES string of the molecule is CCCCCCCCCC/C=C\CCCCCCCCCCCCCCCCCCCCCC(=O)OC(COC(=O)CCCCCCCCCCCCCCCCCCCCCCCCCCCCCCCCCCCCCCCCCC)COC(OCC[N+](C)(C)C)C(=O)[O-]. The molecule has 570 valence electrons. The summed E-state index contributed by atoms with van der Waals surface area (Å²) in [5.74, 6) is -2.24. The van der Waals surface area contributed by atoms with E-state index in [4.69, 9.17) is 18.9 Å². The van der Waals surface area contributed by atoms with Gasteiger partial charge in [-0.3, -0.25) is 9.59 Å². The smallest absolute Gasteiger partial charge is 0.306 e. The lowest BCUT2D eigenvalue weighted by atomic mass is 10.0. The molecule has 9 heteroatoms. The zero-order chi connectivity index (χ0) is 69.7. The first-order valence-corrected chi connectivity index (χ1v) is 43.3. The molecule has 0 aromatic carbocycles. The number of hydrogen-bond donors (Lipinski definition) is 0. The molecule has 0 aliphatic rings. The highest BCUT2D eigenvalue weighted by Crippen LogP contribution is 2.21. The van der Waals surface area contributed by atoms with Crippen LogP contribution >= 0.6 is 0 Å². The van der Waals surface area contributed by atoms with Gasteiger partial charge in [-0.25, -0.2) is 0 Å². The maximum Gasteiger partial charge on any atom is 0.306 e. The van der Waals surface area contributed by atoms with Crippen molar-refractivity contribution >= 4 is 17.9 Å². The molecule has 0 saturated heterocycles. The van der Waals surface area contributed by atoms with Crippen LogP contribution in [0.5, 0.6) is 0 Å². The molecule has 0 amide bonds. The molecule has 0 radical (unpaired) electrons. The van der Waals surface area contributed by atoms with Crippen molar-refractivity contribution in [3.8, 4) is 0 Å². The fraction of sp³-hybridized carbons (Fsp3) is 0.943. The Hall–Kier alpha value is -1.97. The van der Waals surface area contributed by atoms with E-state index in [0.29, 0.717) is 17.4 Å². The number of carbonyl (C=O) groups excluding carboxylic acids is 3. The molecule has 2 atom stereocenters. The molecule has 0 fully saturated rings. The van der Waals surface area contributed by atoms with Crippen molar-refractivity contribution < 1.29 is 42.9 Å². The van der Waals surface area contributed by atoms with Crippen LogP contribution in [-0.2, 0) is 33.3 Å². The van der Waals surface area contributed by atoms with Crippen LogP contribution in [-0.4, -0.2) is 82.3 Å². The summed E-state index contributed by atoms with van der Waals surface area (Å²) in [5.41, 5.74) is 0. The highest BCUT2D eigenvalue weighted by molar-refractivity contribution is 5.70. The number of unbranched alkanes of at least 4 members (excludes halogenated alkanes) is 66. The molecule has 0 rings (SSSR count).